The fourth-order valence-corrected chi connectivity index (χ4v) is 1.59. The van der Waals surface area contributed by atoms with E-state index < -0.39 is 0 Å². The molecule has 5 nitrogen and oxygen atoms in total. The Balaban J connectivity index is 2.24. The number of amides is 1. The fraction of sp³-hybridized carbons (Fsp3) is 0.154. The van der Waals surface area contributed by atoms with Gasteiger partial charge in [-0.25, -0.2) is 0 Å². The van der Waals surface area contributed by atoms with Crippen molar-refractivity contribution in [3.63, 3.8) is 0 Å². The molecule has 92 valence electrons. The zero-order valence-electron chi connectivity index (χ0n) is 10.3. The minimum Gasteiger partial charge on any atom is -0.399 e. The molecule has 1 amide bonds. The van der Waals surface area contributed by atoms with Gasteiger partial charge >= 0.3 is 0 Å². The summed E-state index contributed by atoms with van der Waals surface area (Å²) in [7, 11) is 0. The van der Waals surface area contributed by atoms with Crippen LogP contribution in [0.1, 0.15) is 21.7 Å². The first kappa shape index (κ1) is 12.0. The molecular weight excluding hydrogens is 228 g/mol. The summed E-state index contributed by atoms with van der Waals surface area (Å²) in [4.78, 5) is 12.1. The van der Waals surface area contributed by atoms with E-state index in [4.69, 9.17) is 5.73 Å². The Morgan fingerprint density at radius 1 is 1.22 bits per heavy atom. The standard InChI is InChI=1S/C13H14N4O/c1-8-6-12(9(2)17-16-8)13(18)15-11-5-3-4-10(14)7-11/h3-7H,14H2,1-2H3,(H,15,18). The molecule has 0 aliphatic heterocycles. The van der Waals surface area contributed by atoms with E-state index in [1.165, 1.54) is 0 Å². The lowest BCUT2D eigenvalue weighted by Gasteiger charge is -2.07. The Hall–Kier alpha value is -2.43. The van der Waals surface area contributed by atoms with E-state index in [2.05, 4.69) is 15.5 Å². The van der Waals surface area contributed by atoms with Crippen LogP contribution in [0.15, 0.2) is 30.3 Å². The smallest absolute Gasteiger partial charge is 0.257 e. The van der Waals surface area contributed by atoms with Crippen LogP contribution in [0.5, 0.6) is 0 Å². The van der Waals surface area contributed by atoms with Crippen LogP contribution in [-0.4, -0.2) is 16.1 Å². The third-order valence-corrected chi connectivity index (χ3v) is 2.49. The molecule has 5 heteroatoms. The Bertz CT molecular complexity index is 595. The Morgan fingerprint density at radius 2 is 2.00 bits per heavy atom. The van der Waals surface area contributed by atoms with Crippen molar-refractivity contribution in [3.8, 4) is 0 Å². The summed E-state index contributed by atoms with van der Waals surface area (Å²) in [5.74, 6) is -0.212. The van der Waals surface area contributed by atoms with E-state index in [9.17, 15) is 4.79 Å². The van der Waals surface area contributed by atoms with E-state index in [-0.39, 0.29) is 5.91 Å². The van der Waals surface area contributed by atoms with Gasteiger partial charge in [-0.2, -0.15) is 10.2 Å². The second-order valence-corrected chi connectivity index (χ2v) is 4.06. The van der Waals surface area contributed by atoms with Crippen LogP contribution in [0.3, 0.4) is 0 Å². The third kappa shape index (κ3) is 2.63. The number of nitrogens with two attached hydrogens (primary N) is 1. The highest BCUT2D eigenvalue weighted by Gasteiger charge is 2.11. The van der Waals surface area contributed by atoms with Crippen molar-refractivity contribution in [2.75, 3.05) is 11.1 Å². The summed E-state index contributed by atoms with van der Waals surface area (Å²) in [6.07, 6.45) is 0. The minimum absolute atomic E-state index is 0.212. The predicted octanol–water partition coefficient (Wildman–Crippen LogP) is 1.93. The zero-order valence-corrected chi connectivity index (χ0v) is 10.3. The van der Waals surface area contributed by atoms with Crippen molar-refractivity contribution in [2.45, 2.75) is 13.8 Å². The van der Waals surface area contributed by atoms with Crippen LogP contribution >= 0.6 is 0 Å². The maximum absolute atomic E-state index is 12.1. The number of nitrogens with zero attached hydrogens (tertiary/aromatic N) is 2. The molecule has 18 heavy (non-hydrogen) atoms. The lowest BCUT2D eigenvalue weighted by molar-refractivity contribution is 0.102. The Morgan fingerprint density at radius 3 is 2.72 bits per heavy atom. The first-order valence-corrected chi connectivity index (χ1v) is 5.54. The van der Waals surface area contributed by atoms with Crippen LogP contribution in [0.25, 0.3) is 0 Å². The highest BCUT2D eigenvalue weighted by atomic mass is 16.1. The third-order valence-electron chi connectivity index (χ3n) is 2.49. The number of carbonyl (C=O) groups is 1. The van der Waals surface area contributed by atoms with Gasteiger partial charge in [0.25, 0.3) is 5.91 Å². The molecular formula is C13H14N4O. The Kier molecular flexibility index (Phi) is 3.23. The van der Waals surface area contributed by atoms with Gasteiger partial charge in [-0.05, 0) is 38.1 Å². The number of hydrogen-bond acceptors (Lipinski definition) is 4. The van der Waals surface area contributed by atoms with Crippen LogP contribution in [0.4, 0.5) is 11.4 Å². The number of aromatic nitrogens is 2. The van der Waals surface area contributed by atoms with Crippen molar-refractivity contribution in [3.05, 3.63) is 47.3 Å². The molecule has 0 saturated carbocycles. The largest absolute Gasteiger partial charge is 0.399 e. The summed E-state index contributed by atoms with van der Waals surface area (Å²) in [6, 6.07) is 8.75. The topological polar surface area (TPSA) is 80.9 Å². The highest BCUT2D eigenvalue weighted by Crippen LogP contribution is 2.14. The fourth-order valence-electron chi connectivity index (χ4n) is 1.59. The van der Waals surface area contributed by atoms with Crippen LogP contribution in [-0.2, 0) is 0 Å². The molecule has 0 fully saturated rings. The van der Waals surface area contributed by atoms with Crippen molar-refractivity contribution < 1.29 is 4.79 Å². The summed E-state index contributed by atoms with van der Waals surface area (Å²) in [5.41, 5.74) is 8.74. The number of anilines is 2. The van der Waals surface area contributed by atoms with Crippen molar-refractivity contribution in [1.29, 1.82) is 0 Å². The number of benzene rings is 1. The van der Waals surface area contributed by atoms with E-state index in [0.29, 0.717) is 28.3 Å². The maximum atomic E-state index is 12.1. The molecule has 0 unspecified atom stereocenters. The van der Waals surface area contributed by atoms with Gasteiger partial charge in [0.05, 0.1) is 17.0 Å². The number of carbonyl (C=O) groups excluding carboxylic acids is 1. The summed E-state index contributed by atoms with van der Waals surface area (Å²) in [5, 5.41) is 10.6. The summed E-state index contributed by atoms with van der Waals surface area (Å²) < 4.78 is 0. The van der Waals surface area contributed by atoms with Crippen LogP contribution < -0.4 is 11.1 Å². The molecule has 0 saturated heterocycles. The lowest BCUT2D eigenvalue weighted by atomic mass is 10.2. The van der Waals surface area contributed by atoms with E-state index in [1.807, 2.05) is 0 Å². The highest BCUT2D eigenvalue weighted by molar-refractivity contribution is 6.05. The SMILES string of the molecule is Cc1cc(C(=O)Nc2cccc(N)c2)c(C)nn1. The first-order valence-electron chi connectivity index (χ1n) is 5.54. The minimum atomic E-state index is -0.212. The van der Waals surface area contributed by atoms with E-state index >= 15 is 0 Å². The molecule has 0 atom stereocenters. The number of rotatable bonds is 2. The average Bonchev–Trinajstić information content (AvgIpc) is 2.32. The van der Waals surface area contributed by atoms with Gasteiger partial charge in [0.15, 0.2) is 0 Å². The molecule has 0 aliphatic rings. The van der Waals surface area contributed by atoms with Crippen molar-refractivity contribution in [2.24, 2.45) is 0 Å². The molecule has 0 radical (unpaired) electrons. The molecule has 2 rings (SSSR count). The average molecular weight is 242 g/mol. The molecule has 3 N–H and O–H groups in total. The van der Waals surface area contributed by atoms with Crippen molar-refractivity contribution >= 4 is 17.3 Å². The number of nitrogen functional groups attached to an aromatic ring is 1. The van der Waals surface area contributed by atoms with Gasteiger partial charge in [-0.15, -0.1) is 0 Å². The second kappa shape index (κ2) is 4.83. The molecule has 1 aromatic heterocycles. The quantitative estimate of drug-likeness (QED) is 0.788. The predicted molar refractivity (Wildman–Crippen MR) is 70.3 cm³/mol. The van der Waals surface area contributed by atoms with Gasteiger partial charge < -0.3 is 11.1 Å². The molecule has 1 heterocycles. The van der Waals surface area contributed by atoms with Gasteiger partial charge in [-0.3, -0.25) is 4.79 Å². The van der Waals surface area contributed by atoms with E-state index in [1.54, 1.807) is 44.2 Å². The monoisotopic (exact) mass is 242 g/mol. The molecule has 1 aromatic carbocycles. The lowest BCUT2D eigenvalue weighted by Crippen LogP contribution is -2.15. The molecule has 0 bridgehead atoms. The Labute approximate surface area is 105 Å². The summed E-state index contributed by atoms with van der Waals surface area (Å²) >= 11 is 0. The van der Waals surface area contributed by atoms with Crippen molar-refractivity contribution in [1.82, 2.24) is 10.2 Å². The number of nitrogens with one attached hydrogen (secondary N) is 1. The van der Waals surface area contributed by atoms with E-state index in [0.717, 1.165) is 0 Å². The van der Waals surface area contributed by atoms with Gasteiger partial charge in [0.1, 0.15) is 0 Å². The van der Waals surface area contributed by atoms with Crippen LogP contribution in [0.2, 0.25) is 0 Å². The number of aryl methyl sites for hydroxylation is 2. The first-order chi connectivity index (χ1) is 8.56. The molecule has 0 spiro atoms. The molecule has 0 aliphatic carbocycles. The normalized spacial score (nSPS) is 10.1. The maximum Gasteiger partial charge on any atom is 0.257 e. The van der Waals surface area contributed by atoms with Gasteiger partial charge in [-0.1, -0.05) is 6.07 Å². The van der Waals surface area contributed by atoms with Crippen LogP contribution in [0, 0.1) is 13.8 Å². The van der Waals surface area contributed by atoms with Gasteiger partial charge in [0, 0.05) is 11.4 Å². The zero-order chi connectivity index (χ0) is 13.1. The van der Waals surface area contributed by atoms with Gasteiger partial charge in [0.2, 0.25) is 0 Å². The second-order valence-electron chi connectivity index (χ2n) is 4.06. The number of hydrogen-bond donors (Lipinski definition) is 2. The molecule has 2 aromatic rings. The summed E-state index contributed by atoms with van der Waals surface area (Å²) in [6.45, 7) is 3.55.